The molecule has 2 rings (SSSR count). The van der Waals surface area contributed by atoms with Gasteiger partial charge in [0, 0.05) is 17.4 Å². The van der Waals surface area contributed by atoms with Crippen LogP contribution in [0.4, 0.5) is 10.1 Å². The number of halogens is 2. The molecule has 1 amide bonds. The van der Waals surface area contributed by atoms with Crippen LogP contribution in [-0.2, 0) is 14.3 Å². The lowest BCUT2D eigenvalue weighted by atomic mass is 10.1. The van der Waals surface area contributed by atoms with Gasteiger partial charge in [-0.2, -0.15) is 0 Å². The number of carboxylic acids is 1. The number of hydrogen-bond acceptors (Lipinski definition) is 4. The van der Waals surface area contributed by atoms with Gasteiger partial charge in [0.25, 0.3) is 0 Å². The molecule has 1 saturated heterocycles. The summed E-state index contributed by atoms with van der Waals surface area (Å²) in [4.78, 5) is 35.9. The van der Waals surface area contributed by atoms with E-state index in [0.717, 1.165) is 17.0 Å². The maximum Gasteiger partial charge on any atom is 0.337 e. The molecular weight excluding hydrogens is 349 g/mol. The molecule has 21 heavy (non-hydrogen) atoms. The highest BCUT2D eigenvalue weighted by Crippen LogP contribution is 2.35. The average Bonchev–Trinajstić information content (AvgIpc) is 2.78. The van der Waals surface area contributed by atoms with Crippen molar-refractivity contribution in [3.63, 3.8) is 0 Å². The Kier molecular flexibility index (Phi) is 4.26. The van der Waals surface area contributed by atoms with Crippen molar-refractivity contribution < 1.29 is 28.6 Å². The third kappa shape index (κ3) is 2.90. The fourth-order valence-corrected chi connectivity index (χ4v) is 2.90. The zero-order chi connectivity index (χ0) is 15.7. The van der Waals surface area contributed by atoms with E-state index in [2.05, 4.69) is 20.7 Å². The summed E-state index contributed by atoms with van der Waals surface area (Å²) < 4.78 is 18.1. The molecule has 8 heteroatoms. The molecule has 1 aliphatic rings. The SMILES string of the molecule is COC(=O)C1CC(=O)N(c2c(Br)cc(F)cc2C(=O)O)C1. The van der Waals surface area contributed by atoms with Crippen LogP contribution in [0.5, 0.6) is 0 Å². The first-order valence-corrected chi connectivity index (χ1v) is 6.75. The second kappa shape index (κ2) is 5.80. The van der Waals surface area contributed by atoms with Crippen molar-refractivity contribution in [1.29, 1.82) is 0 Å². The highest BCUT2D eigenvalue weighted by atomic mass is 79.9. The average molecular weight is 360 g/mol. The summed E-state index contributed by atoms with van der Waals surface area (Å²) in [6.45, 7) is -0.00395. The summed E-state index contributed by atoms with van der Waals surface area (Å²) in [6.07, 6.45) is -0.0739. The molecular formula is C13H11BrFNO5. The Morgan fingerprint density at radius 2 is 2.14 bits per heavy atom. The fourth-order valence-electron chi connectivity index (χ4n) is 2.25. The van der Waals surface area contributed by atoms with Crippen LogP contribution >= 0.6 is 15.9 Å². The second-order valence-corrected chi connectivity index (χ2v) is 5.37. The van der Waals surface area contributed by atoms with Gasteiger partial charge in [-0.25, -0.2) is 9.18 Å². The molecule has 112 valence electrons. The van der Waals surface area contributed by atoms with E-state index in [9.17, 15) is 18.8 Å². The number of aromatic carboxylic acids is 1. The Labute approximate surface area is 127 Å². The van der Waals surface area contributed by atoms with Gasteiger partial charge in [-0.1, -0.05) is 0 Å². The monoisotopic (exact) mass is 359 g/mol. The number of hydrogen-bond donors (Lipinski definition) is 1. The Bertz CT molecular complexity index is 633. The first kappa shape index (κ1) is 15.4. The molecule has 1 fully saturated rings. The number of esters is 1. The summed E-state index contributed by atoms with van der Waals surface area (Å²) in [6, 6.07) is 1.90. The molecule has 1 unspecified atom stereocenters. The van der Waals surface area contributed by atoms with Gasteiger partial charge in [0.15, 0.2) is 0 Å². The molecule has 0 spiro atoms. The van der Waals surface area contributed by atoms with E-state index >= 15 is 0 Å². The third-order valence-electron chi connectivity index (χ3n) is 3.19. The molecule has 0 bridgehead atoms. The fraction of sp³-hybridized carbons (Fsp3) is 0.308. The van der Waals surface area contributed by atoms with E-state index in [-0.39, 0.29) is 28.7 Å². The maximum absolute atomic E-state index is 13.3. The van der Waals surface area contributed by atoms with Crippen LogP contribution in [0, 0.1) is 11.7 Å². The van der Waals surface area contributed by atoms with Crippen LogP contribution < -0.4 is 4.90 Å². The summed E-state index contributed by atoms with van der Waals surface area (Å²) >= 11 is 3.06. The number of methoxy groups -OCH3 is 1. The van der Waals surface area contributed by atoms with Gasteiger partial charge < -0.3 is 14.7 Å². The van der Waals surface area contributed by atoms with Crippen molar-refractivity contribution >= 4 is 39.5 Å². The number of benzene rings is 1. The smallest absolute Gasteiger partial charge is 0.337 e. The van der Waals surface area contributed by atoms with Gasteiger partial charge >= 0.3 is 11.9 Å². The van der Waals surface area contributed by atoms with Gasteiger partial charge in [0.1, 0.15) is 5.82 Å². The minimum Gasteiger partial charge on any atom is -0.478 e. The highest BCUT2D eigenvalue weighted by molar-refractivity contribution is 9.10. The van der Waals surface area contributed by atoms with E-state index < -0.39 is 29.6 Å². The van der Waals surface area contributed by atoms with Crippen molar-refractivity contribution in [2.24, 2.45) is 5.92 Å². The Hall–Kier alpha value is -1.96. The summed E-state index contributed by atoms with van der Waals surface area (Å²) in [7, 11) is 1.21. The standard InChI is InChI=1S/C13H11BrFNO5/c1-21-13(20)6-2-10(17)16(5-6)11-8(12(18)19)3-7(15)4-9(11)14/h3-4,6H,2,5H2,1H3,(H,18,19). The summed E-state index contributed by atoms with van der Waals surface area (Å²) in [5.74, 6) is -3.72. The number of carbonyl (C=O) groups excluding carboxylic acids is 2. The van der Waals surface area contributed by atoms with E-state index in [1.807, 2.05) is 0 Å². The van der Waals surface area contributed by atoms with Crippen molar-refractivity contribution in [3.05, 3.63) is 28.0 Å². The topological polar surface area (TPSA) is 83.9 Å². The molecule has 1 aromatic rings. The van der Waals surface area contributed by atoms with Gasteiger partial charge in [0.05, 0.1) is 24.3 Å². The highest BCUT2D eigenvalue weighted by Gasteiger charge is 2.38. The first-order chi connectivity index (χ1) is 9.85. The van der Waals surface area contributed by atoms with Crippen LogP contribution in [-0.4, -0.2) is 36.6 Å². The van der Waals surface area contributed by atoms with Crippen LogP contribution in [0.1, 0.15) is 16.8 Å². The van der Waals surface area contributed by atoms with Crippen molar-refractivity contribution in [3.8, 4) is 0 Å². The number of carboxylic acid groups (broad SMARTS) is 1. The molecule has 1 N–H and O–H groups in total. The quantitative estimate of drug-likeness (QED) is 0.832. The molecule has 1 heterocycles. The number of ether oxygens (including phenoxy) is 1. The van der Waals surface area contributed by atoms with Crippen LogP contribution in [0.3, 0.4) is 0 Å². The predicted octanol–water partition coefficient (Wildman–Crippen LogP) is 1.81. The Morgan fingerprint density at radius 1 is 1.48 bits per heavy atom. The van der Waals surface area contributed by atoms with E-state index in [1.54, 1.807) is 0 Å². The van der Waals surface area contributed by atoms with Crippen molar-refractivity contribution in [1.82, 2.24) is 0 Å². The maximum atomic E-state index is 13.3. The lowest BCUT2D eigenvalue weighted by molar-refractivity contribution is -0.145. The lowest BCUT2D eigenvalue weighted by Crippen LogP contribution is -2.28. The van der Waals surface area contributed by atoms with Crippen molar-refractivity contribution in [2.45, 2.75) is 6.42 Å². The number of amides is 1. The molecule has 1 aliphatic heterocycles. The first-order valence-electron chi connectivity index (χ1n) is 5.95. The predicted molar refractivity (Wildman–Crippen MR) is 73.5 cm³/mol. The second-order valence-electron chi connectivity index (χ2n) is 4.52. The van der Waals surface area contributed by atoms with Crippen LogP contribution in [0.25, 0.3) is 0 Å². The molecule has 0 aromatic heterocycles. The zero-order valence-electron chi connectivity index (χ0n) is 10.9. The normalized spacial score (nSPS) is 18.0. The number of carbonyl (C=O) groups is 3. The third-order valence-corrected chi connectivity index (χ3v) is 3.79. The van der Waals surface area contributed by atoms with Crippen LogP contribution in [0.15, 0.2) is 16.6 Å². The molecule has 6 nitrogen and oxygen atoms in total. The van der Waals surface area contributed by atoms with E-state index in [1.165, 1.54) is 7.11 Å². The van der Waals surface area contributed by atoms with Gasteiger partial charge in [-0.15, -0.1) is 0 Å². The Balaban J connectivity index is 2.45. The molecule has 0 saturated carbocycles. The van der Waals surface area contributed by atoms with Gasteiger partial charge in [-0.3, -0.25) is 9.59 Å². The lowest BCUT2D eigenvalue weighted by Gasteiger charge is -2.20. The summed E-state index contributed by atoms with van der Waals surface area (Å²) in [5.41, 5.74) is -0.305. The number of anilines is 1. The van der Waals surface area contributed by atoms with E-state index in [0.29, 0.717) is 0 Å². The van der Waals surface area contributed by atoms with Gasteiger partial charge in [-0.05, 0) is 28.1 Å². The summed E-state index contributed by atoms with van der Waals surface area (Å²) in [5, 5.41) is 9.17. The van der Waals surface area contributed by atoms with Gasteiger partial charge in [0.2, 0.25) is 5.91 Å². The zero-order valence-corrected chi connectivity index (χ0v) is 12.5. The minimum absolute atomic E-state index is 0.00395. The molecule has 0 aliphatic carbocycles. The minimum atomic E-state index is -1.36. The van der Waals surface area contributed by atoms with Crippen molar-refractivity contribution in [2.75, 3.05) is 18.6 Å². The molecule has 1 aromatic carbocycles. The van der Waals surface area contributed by atoms with Crippen LogP contribution in [0.2, 0.25) is 0 Å². The van der Waals surface area contributed by atoms with E-state index in [4.69, 9.17) is 5.11 Å². The number of nitrogens with zero attached hydrogens (tertiary/aromatic N) is 1. The Morgan fingerprint density at radius 3 is 2.71 bits per heavy atom. The molecule has 1 atom stereocenters. The number of rotatable bonds is 3. The molecule has 0 radical (unpaired) electrons. The largest absolute Gasteiger partial charge is 0.478 e.